The molecule has 94 valence electrons. The predicted molar refractivity (Wildman–Crippen MR) is 68.3 cm³/mol. The van der Waals surface area contributed by atoms with Crippen LogP contribution in [0.3, 0.4) is 0 Å². The van der Waals surface area contributed by atoms with Crippen molar-refractivity contribution in [2.75, 3.05) is 6.54 Å². The van der Waals surface area contributed by atoms with E-state index in [1.54, 1.807) is 0 Å². The Morgan fingerprint density at radius 2 is 2.47 bits per heavy atom. The molecule has 1 saturated heterocycles. The molecule has 1 aromatic rings. The van der Waals surface area contributed by atoms with Gasteiger partial charge in [-0.25, -0.2) is 0 Å². The maximum absolute atomic E-state index is 11.9. The number of aliphatic hydroxyl groups excluding tert-OH is 1. The molecule has 17 heavy (non-hydrogen) atoms. The number of aliphatic hydroxyl groups is 1. The summed E-state index contributed by atoms with van der Waals surface area (Å²) in [6.07, 6.45) is 0.0567. The third-order valence-electron chi connectivity index (χ3n) is 2.80. The van der Waals surface area contributed by atoms with Crippen LogP contribution in [-0.4, -0.2) is 29.7 Å². The highest BCUT2D eigenvalue weighted by molar-refractivity contribution is 7.16. The van der Waals surface area contributed by atoms with Crippen molar-refractivity contribution < 1.29 is 9.90 Å². The normalized spacial score (nSPS) is 25.8. The summed E-state index contributed by atoms with van der Waals surface area (Å²) in [6, 6.07) is 3.39. The fraction of sp³-hybridized carbons (Fsp3) is 0.545. The SMILES string of the molecule is C[C@H](NC(=O)[C@@H]1C[C@@H](O)CN1)c1ccc(Cl)s1. The molecule has 1 aromatic heterocycles. The number of nitrogens with one attached hydrogen (secondary N) is 2. The zero-order valence-corrected chi connectivity index (χ0v) is 11.0. The Morgan fingerprint density at radius 3 is 3.00 bits per heavy atom. The molecule has 0 spiro atoms. The van der Waals surface area contributed by atoms with Crippen LogP contribution in [0.2, 0.25) is 4.34 Å². The zero-order chi connectivity index (χ0) is 12.4. The number of amides is 1. The van der Waals surface area contributed by atoms with Crippen LogP contribution in [0.15, 0.2) is 12.1 Å². The number of carbonyl (C=O) groups excluding carboxylic acids is 1. The van der Waals surface area contributed by atoms with Crippen LogP contribution in [0.1, 0.15) is 24.3 Å². The monoisotopic (exact) mass is 274 g/mol. The summed E-state index contributed by atoms with van der Waals surface area (Å²) in [7, 11) is 0. The Hall–Kier alpha value is -0.620. The van der Waals surface area contributed by atoms with Crippen molar-refractivity contribution in [2.45, 2.75) is 31.5 Å². The van der Waals surface area contributed by atoms with Gasteiger partial charge < -0.3 is 15.7 Å². The Bertz CT molecular complexity index is 410. The van der Waals surface area contributed by atoms with Gasteiger partial charge in [0.25, 0.3) is 0 Å². The van der Waals surface area contributed by atoms with Crippen LogP contribution in [0, 0.1) is 0 Å². The van der Waals surface area contributed by atoms with E-state index in [0.717, 1.165) is 9.21 Å². The Kier molecular flexibility index (Phi) is 4.04. The molecule has 0 aliphatic carbocycles. The lowest BCUT2D eigenvalue weighted by atomic mass is 10.1. The van der Waals surface area contributed by atoms with Crippen LogP contribution in [-0.2, 0) is 4.79 Å². The number of halogens is 1. The van der Waals surface area contributed by atoms with Crippen molar-refractivity contribution in [3.8, 4) is 0 Å². The van der Waals surface area contributed by atoms with E-state index in [9.17, 15) is 9.90 Å². The molecule has 0 radical (unpaired) electrons. The highest BCUT2D eigenvalue weighted by Crippen LogP contribution is 2.26. The van der Waals surface area contributed by atoms with Gasteiger partial charge in [-0.15, -0.1) is 11.3 Å². The van der Waals surface area contributed by atoms with Crippen molar-refractivity contribution >= 4 is 28.8 Å². The van der Waals surface area contributed by atoms with E-state index < -0.39 is 6.10 Å². The Labute approximate surface area is 109 Å². The van der Waals surface area contributed by atoms with Crippen molar-refractivity contribution in [2.24, 2.45) is 0 Å². The topological polar surface area (TPSA) is 61.4 Å². The van der Waals surface area contributed by atoms with Gasteiger partial charge in [0.1, 0.15) is 0 Å². The van der Waals surface area contributed by atoms with Gasteiger partial charge in [0, 0.05) is 11.4 Å². The second-order valence-corrected chi connectivity index (χ2v) is 5.97. The summed E-state index contributed by atoms with van der Waals surface area (Å²) in [6.45, 7) is 2.41. The quantitative estimate of drug-likeness (QED) is 0.779. The molecule has 0 bridgehead atoms. The van der Waals surface area contributed by atoms with Gasteiger partial charge in [0.05, 0.1) is 22.5 Å². The maximum atomic E-state index is 11.9. The van der Waals surface area contributed by atoms with E-state index in [2.05, 4.69) is 10.6 Å². The smallest absolute Gasteiger partial charge is 0.237 e. The highest BCUT2D eigenvalue weighted by atomic mass is 35.5. The minimum absolute atomic E-state index is 0.0560. The third kappa shape index (κ3) is 3.19. The van der Waals surface area contributed by atoms with Crippen LogP contribution in [0.4, 0.5) is 0 Å². The highest BCUT2D eigenvalue weighted by Gasteiger charge is 2.28. The van der Waals surface area contributed by atoms with Crippen LogP contribution < -0.4 is 10.6 Å². The van der Waals surface area contributed by atoms with E-state index in [1.807, 2.05) is 19.1 Å². The first-order valence-corrected chi connectivity index (χ1v) is 6.73. The molecular weight excluding hydrogens is 260 g/mol. The van der Waals surface area contributed by atoms with E-state index in [-0.39, 0.29) is 18.0 Å². The summed E-state index contributed by atoms with van der Waals surface area (Å²) in [5.74, 6) is -0.0708. The number of rotatable bonds is 3. The number of thiophene rings is 1. The molecule has 0 saturated carbocycles. The van der Waals surface area contributed by atoms with E-state index >= 15 is 0 Å². The molecule has 2 heterocycles. The summed E-state index contributed by atoms with van der Waals surface area (Å²) < 4.78 is 0.718. The number of hydrogen-bond donors (Lipinski definition) is 3. The van der Waals surface area contributed by atoms with Crippen molar-refractivity contribution in [3.63, 3.8) is 0 Å². The predicted octanol–water partition coefficient (Wildman–Crippen LogP) is 1.30. The molecule has 1 fully saturated rings. The average molecular weight is 275 g/mol. The van der Waals surface area contributed by atoms with Gasteiger partial charge in [-0.1, -0.05) is 11.6 Å². The summed E-state index contributed by atoms with van der Waals surface area (Å²) in [5.41, 5.74) is 0. The summed E-state index contributed by atoms with van der Waals surface area (Å²) in [4.78, 5) is 12.9. The van der Waals surface area contributed by atoms with Gasteiger partial charge in [-0.05, 0) is 25.5 Å². The Balaban J connectivity index is 1.90. The summed E-state index contributed by atoms with van der Waals surface area (Å²) in [5, 5.41) is 15.2. The number of hydrogen-bond acceptors (Lipinski definition) is 4. The van der Waals surface area contributed by atoms with Crippen molar-refractivity contribution in [1.82, 2.24) is 10.6 Å². The van der Waals surface area contributed by atoms with Crippen molar-refractivity contribution in [1.29, 1.82) is 0 Å². The first kappa shape index (κ1) is 12.8. The van der Waals surface area contributed by atoms with Gasteiger partial charge in [0.2, 0.25) is 5.91 Å². The number of carbonyl (C=O) groups is 1. The second-order valence-electron chi connectivity index (χ2n) is 4.22. The van der Waals surface area contributed by atoms with Crippen LogP contribution in [0.25, 0.3) is 0 Å². The molecule has 2 rings (SSSR count). The molecular formula is C11H15ClN2O2S. The van der Waals surface area contributed by atoms with Crippen LogP contribution >= 0.6 is 22.9 Å². The lowest BCUT2D eigenvalue weighted by Crippen LogP contribution is -2.41. The van der Waals surface area contributed by atoms with Gasteiger partial charge in [0.15, 0.2) is 0 Å². The maximum Gasteiger partial charge on any atom is 0.237 e. The largest absolute Gasteiger partial charge is 0.392 e. The van der Waals surface area contributed by atoms with E-state index in [1.165, 1.54) is 11.3 Å². The van der Waals surface area contributed by atoms with Gasteiger partial charge in [-0.3, -0.25) is 4.79 Å². The summed E-state index contributed by atoms with van der Waals surface area (Å²) >= 11 is 7.31. The first-order chi connectivity index (χ1) is 8.06. The molecule has 0 aromatic carbocycles. The molecule has 3 atom stereocenters. The molecule has 1 aliphatic heterocycles. The lowest BCUT2D eigenvalue weighted by Gasteiger charge is -2.16. The number of β-amino-alcohol motifs (C(OH)–C–C–N with tert-alkyl or cyclic N) is 1. The molecule has 1 amide bonds. The molecule has 0 unspecified atom stereocenters. The van der Waals surface area contributed by atoms with Crippen LogP contribution in [0.5, 0.6) is 0 Å². The fourth-order valence-electron chi connectivity index (χ4n) is 1.86. The molecule has 3 N–H and O–H groups in total. The fourth-order valence-corrected chi connectivity index (χ4v) is 2.93. The first-order valence-electron chi connectivity index (χ1n) is 5.53. The van der Waals surface area contributed by atoms with Gasteiger partial charge in [-0.2, -0.15) is 0 Å². The standard InChI is InChI=1S/C11H15ClN2O2S/c1-6(9-2-3-10(12)17-9)14-11(16)8-4-7(15)5-13-8/h2-3,6-8,13,15H,4-5H2,1H3,(H,14,16)/t6-,7+,8-/m0/s1. The minimum atomic E-state index is -0.419. The third-order valence-corrected chi connectivity index (χ3v) is 4.22. The van der Waals surface area contributed by atoms with E-state index in [4.69, 9.17) is 11.6 Å². The lowest BCUT2D eigenvalue weighted by molar-refractivity contribution is -0.123. The Morgan fingerprint density at radius 1 is 1.71 bits per heavy atom. The van der Waals surface area contributed by atoms with E-state index in [0.29, 0.717) is 13.0 Å². The van der Waals surface area contributed by atoms with Crippen molar-refractivity contribution in [3.05, 3.63) is 21.3 Å². The molecule has 6 heteroatoms. The second kappa shape index (κ2) is 5.35. The molecule has 4 nitrogen and oxygen atoms in total. The zero-order valence-electron chi connectivity index (χ0n) is 9.44. The molecule has 1 aliphatic rings. The average Bonchev–Trinajstić information content (AvgIpc) is 2.87. The van der Waals surface area contributed by atoms with Gasteiger partial charge >= 0.3 is 0 Å². The minimum Gasteiger partial charge on any atom is -0.392 e.